The first-order chi connectivity index (χ1) is 11.7. The molecule has 25 heavy (non-hydrogen) atoms. The lowest BCUT2D eigenvalue weighted by Crippen LogP contribution is -2.21. The third-order valence-electron chi connectivity index (χ3n) is 3.51. The Kier molecular flexibility index (Phi) is 5.48. The van der Waals surface area contributed by atoms with E-state index < -0.39 is 23.4 Å². The van der Waals surface area contributed by atoms with Gasteiger partial charge in [0.15, 0.2) is 6.61 Å². The van der Waals surface area contributed by atoms with E-state index in [4.69, 9.17) is 4.74 Å². The zero-order valence-electron chi connectivity index (χ0n) is 14.2. The fourth-order valence-corrected chi connectivity index (χ4v) is 2.97. The minimum Gasteiger partial charge on any atom is -0.451 e. The van der Waals surface area contributed by atoms with Crippen LogP contribution in [0.3, 0.4) is 0 Å². The highest BCUT2D eigenvalue weighted by molar-refractivity contribution is 7.13. The summed E-state index contributed by atoms with van der Waals surface area (Å²) in [7, 11) is 0. The predicted molar refractivity (Wildman–Crippen MR) is 93.1 cm³/mol. The van der Waals surface area contributed by atoms with E-state index in [1.165, 1.54) is 23.5 Å². The topological polar surface area (TPSA) is 111 Å². The Bertz CT molecular complexity index is 860. The number of ether oxygens (including phenoxy) is 1. The summed E-state index contributed by atoms with van der Waals surface area (Å²) in [4.78, 5) is 39.0. The lowest BCUT2D eigenvalue weighted by atomic mass is 10.1. The number of nitrogens with zero attached hydrogens (tertiary/aromatic N) is 2. The molecule has 2 aromatic rings. The van der Waals surface area contributed by atoms with E-state index in [-0.39, 0.29) is 11.4 Å². The van der Waals surface area contributed by atoms with Gasteiger partial charge < -0.3 is 10.1 Å². The first-order valence-electron chi connectivity index (χ1n) is 7.35. The molecule has 132 valence electrons. The SMILES string of the molecule is Cc1nc(C)c(C(=O)OCC(=O)Nc2cc(C)c(C)cc2[N+](=O)[O-])s1. The van der Waals surface area contributed by atoms with Gasteiger partial charge in [-0.25, -0.2) is 9.78 Å². The fourth-order valence-electron chi connectivity index (χ4n) is 2.16. The monoisotopic (exact) mass is 363 g/mol. The zero-order valence-corrected chi connectivity index (χ0v) is 15.0. The van der Waals surface area contributed by atoms with Gasteiger partial charge in [-0.1, -0.05) is 0 Å². The molecule has 0 fully saturated rings. The number of amides is 1. The summed E-state index contributed by atoms with van der Waals surface area (Å²) in [5.74, 6) is -1.30. The van der Waals surface area contributed by atoms with Crippen LogP contribution in [0.15, 0.2) is 12.1 Å². The van der Waals surface area contributed by atoms with Crippen LogP contribution in [0.4, 0.5) is 11.4 Å². The molecule has 0 radical (unpaired) electrons. The summed E-state index contributed by atoms with van der Waals surface area (Å²) in [6, 6.07) is 2.91. The Morgan fingerprint density at radius 3 is 2.44 bits per heavy atom. The van der Waals surface area contributed by atoms with Crippen molar-refractivity contribution in [2.24, 2.45) is 0 Å². The quantitative estimate of drug-likeness (QED) is 0.496. The van der Waals surface area contributed by atoms with Crippen LogP contribution in [0.2, 0.25) is 0 Å². The molecule has 0 spiro atoms. The number of nitro benzene ring substituents is 1. The molecule has 0 atom stereocenters. The summed E-state index contributed by atoms with van der Waals surface area (Å²) >= 11 is 1.18. The highest BCUT2D eigenvalue weighted by Crippen LogP contribution is 2.28. The molecule has 1 N–H and O–H groups in total. The van der Waals surface area contributed by atoms with E-state index in [0.29, 0.717) is 10.6 Å². The van der Waals surface area contributed by atoms with Crippen LogP contribution in [-0.4, -0.2) is 28.4 Å². The van der Waals surface area contributed by atoms with E-state index in [9.17, 15) is 19.7 Å². The molecular weight excluding hydrogens is 346 g/mol. The largest absolute Gasteiger partial charge is 0.451 e. The summed E-state index contributed by atoms with van der Waals surface area (Å²) in [5, 5.41) is 14.3. The predicted octanol–water partition coefficient (Wildman–Crippen LogP) is 3.08. The number of rotatable bonds is 5. The summed E-state index contributed by atoms with van der Waals surface area (Å²) in [6.07, 6.45) is 0. The Balaban J connectivity index is 2.06. The van der Waals surface area contributed by atoms with Crippen molar-refractivity contribution >= 4 is 34.6 Å². The Hall–Kier alpha value is -2.81. The number of carbonyl (C=O) groups is 2. The second-order valence-corrected chi connectivity index (χ2v) is 6.69. The number of nitrogens with one attached hydrogen (secondary N) is 1. The second-order valence-electron chi connectivity index (χ2n) is 5.48. The Morgan fingerprint density at radius 2 is 1.88 bits per heavy atom. The smallest absolute Gasteiger partial charge is 0.350 e. The van der Waals surface area contributed by atoms with Crippen LogP contribution in [0.5, 0.6) is 0 Å². The summed E-state index contributed by atoms with van der Waals surface area (Å²) < 4.78 is 4.96. The molecule has 9 heteroatoms. The van der Waals surface area contributed by atoms with Gasteiger partial charge in [0.2, 0.25) is 0 Å². The molecule has 0 bridgehead atoms. The molecule has 1 aromatic heterocycles. The van der Waals surface area contributed by atoms with Crippen LogP contribution in [0.25, 0.3) is 0 Å². The van der Waals surface area contributed by atoms with Crippen LogP contribution in [0.1, 0.15) is 31.5 Å². The van der Waals surface area contributed by atoms with E-state index in [1.54, 1.807) is 27.7 Å². The highest BCUT2D eigenvalue weighted by Gasteiger charge is 2.20. The fraction of sp³-hybridized carbons (Fsp3) is 0.312. The first kappa shape index (κ1) is 18.5. The van der Waals surface area contributed by atoms with Crippen molar-refractivity contribution in [1.29, 1.82) is 0 Å². The van der Waals surface area contributed by atoms with Gasteiger partial charge in [-0.2, -0.15) is 0 Å². The lowest BCUT2D eigenvalue weighted by molar-refractivity contribution is -0.384. The van der Waals surface area contributed by atoms with Gasteiger partial charge in [-0.15, -0.1) is 11.3 Å². The number of anilines is 1. The van der Waals surface area contributed by atoms with Gasteiger partial charge in [0.1, 0.15) is 10.6 Å². The van der Waals surface area contributed by atoms with Gasteiger partial charge >= 0.3 is 5.97 Å². The van der Waals surface area contributed by atoms with Gasteiger partial charge in [-0.05, 0) is 44.9 Å². The van der Waals surface area contributed by atoms with Crippen molar-refractivity contribution in [3.63, 3.8) is 0 Å². The molecule has 0 saturated carbocycles. The molecule has 1 amide bonds. The molecule has 1 aromatic carbocycles. The van der Waals surface area contributed by atoms with Crippen LogP contribution < -0.4 is 5.32 Å². The van der Waals surface area contributed by atoms with Gasteiger partial charge in [0, 0.05) is 6.07 Å². The molecule has 8 nitrogen and oxygen atoms in total. The minimum atomic E-state index is -0.654. The van der Waals surface area contributed by atoms with Crippen molar-refractivity contribution < 1.29 is 19.2 Å². The maximum absolute atomic E-state index is 12.0. The van der Waals surface area contributed by atoms with Crippen molar-refractivity contribution in [3.8, 4) is 0 Å². The van der Waals surface area contributed by atoms with Crippen molar-refractivity contribution in [2.75, 3.05) is 11.9 Å². The molecule has 0 saturated heterocycles. The minimum absolute atomic E-state index is 0.0685. The molecule has 0 aliphatic heterocycles. The van der Waals surface area contributed by atoms with Crippen LogP contribution >= 0.6 is 11.3 Å². The number of aryl methyl sites for hydroxylation is 4. The highest BCUT2D eigenvalue weighted by atomic mass is 32.1. The number of esters is 1. The van der Waals surface area contributed by atoms with E-state index in [2.05, 4.69) is 10.3 Å². The van der Waals surface area contributed by atoms with Crippen molar-refractivity contribution in [1.82, 2.24) is 4.98 Å². The molecule has 2 rings (SSSR count). The van der Waals surface area contributed by atoms with Crippen LogP contribution in [0, 0.1) is 37.8 Å². The van der Waals surface area contributed by atoms with E-state index in [0.717, 1.165) is 16.1 Å². The Morgan fingerprint density at radius 1 is 1.24 bits per heavy atom. The number of aromatic nitrogens is 1. The van der Waals surface area contributed by atoms with Crippen LogP contribution in [-0.2, 0) is 9.53 Å². The average molecular weight is 363 g/mol. The third kappa shape index (κ3) is 4.38. The van der Waals surface area contributed by atoms with E-state index >= 15 is 0 Å². The first-order valence-corrected chi connectivity index (χ1v) is 8.17. The number of thiazole rings is 1. The average Bonchev–Trinajstić information content (AvgIpc) is 2.86. The molecule has 0 aliphatic rings. The third-order valence-corrected chi connectivity index (χ3v) is 4.56. The van der Waals surface area contributed by atoms with E-state index in [1.807, 2.05) is 0 Å². The lowest BCUT2D eigenvalue weighted by Gasteiger charge is -2.09. The van der Waals surface area contributed by atoms with Crippen molar-refractivity contribution in [3.05, 3.63) is 49.0 Å². The van der Waals surface area contributed by atoms with Crippen molar-refractivity contribution in [2.45, 2.75) is 27.7 Å². The Labute approximate surface area is 148 Å². The molecular formula is C16H17N3O5S. The van der Waals surface area contributed by atoms with Gasteiger partial charge in [0.25, 0.3) is 11.6 Å². The summed E-state index contributed by atoms with van der Waals surface area (Å²) in [6.45, 7) is 6.43. The maximum Gasteiger partial charge on any atom is 0.350 e. The molecule has 1 heterocycles. The second kappa shape index (κ2) is 7.39. The summed E-state index contributed by atoms with van der Waals surface area (Å²) in [5.41, 5.74) is 1.94. The number of nitro groups is 1. The molecule has 0 aliphatic carbocycles. The number of carbonyl (C=O) groups excluding carboxylic acids is 2. The number of hydrogen-bond acceptors (Lipinski definition) is 7. The zero-order chi connectivity index (χ0) is 18.7. The normalized spacial score (nSPS) is 10.4. The maximum atomic E-state index is 12.0. The van der Waals surface area contributed by atoms with Gasteiger partial charge in [0.05, 0.1) is 15.6 Å². The number of benzene rings is 1. The van der Waals surface area contributed by atoms with Gasteiger partial charge in [-0.3, -0.25) is 14.9 Å². The molecule has 0 unspecified atom stereocenters. The number of hydrogen-bond donors (Lipinski definition) is 1. The standard InChI is InChI=1S/C16H17N3O5S/c1-8-5-12(13(19(22)23)6-9(8)2)18-14(20)7-24-16(21)15-10(3)17-11(4)25-15/h5-6H,7H2,1-4H3,(H,18,20).